The summed E-state index contributed by atoms with van der Waals surface area (Å²) in [6, 6.07) is 8.39. The molecule has 0 saturated heterocycles. The largest absolute Gasteiger partial charge is 0.465 e. The Kier molecular flexibility index (Phi) is 2.67. The van der Waals surface area contributed by atoms with E-state index in [1.807, 2.05) is 19.1 Å². The van der Waals surface area contributed by atoms with Crippen molar-refractivity contribution in [3.63, 3.8) is 0 Å². The molecule has 0 aromatic carbocycles. The van der Waals surface area contributed by atoms with Gasteiger partial charge in [-0.3, -0.25) is 0 Å². The van der Waals surface area contributed by atoms with Crippen molar-refractivity contribution in [1.29, 1.82) is 0 Å². The third kappa shape index (κ3) is 2.56. The summed E-state index contributed by atoms with van der Waals surface area (Å²) in [5.74, 6) is 1.68. The van der Waals surface area contributed by atoms with E-state index >= 15 is 0 Å². The number of hydrogen-bond donors (Lipinski definition) is 1. The highest BCUT2D eigenvalue weighted by molar-refractivity contribution is 5.33. The van der Waals surface area contributed by atoms with Gasteiger partial charge < -0.3 is 9.73 Å². The number of hydrogen-bond acceptors (Lipinski definition) is 3. The summed E-state index contributed by atoms with van der Waals surface area (Å²) < 4.78 is 18.1. The molecule has 78 valence electrons. The van der Waals surface area contributed by atoms with Gasteiger partial charge >= 0.3 is 0 Å². The first-order chi connectivity index (χ1) is 7.24. The van der Waals surface area contributed by atoms with Crippen LogP contribution >= 0.6 is 0 Å². The summed E-state index contributed by atoms with van der Waals surface area (Å²) >= 11 is 0. The molecule has 15 heavy (non-hydrogen) atoms. The molecule has 2 aromatic heterocycles. The highest BCUT2D eigenvalue weighted by atomic mass is 19.1. The Hall–Kier alpha value is -1.84. The van der Waals surface area contributed by atoms with E-state index in [1.165, 1.54) is 6.07 Å². The number of nitrogens with zero attached hydrogens (tertiary/aromatic N) is 1. The van der Waals surface area contributed by atoms with Crippen LogP contribution in [0, 0.1) is 12.9 Å². The maximum Gasteiger partial charge on any atom is 0.214 e. The van der Waals surface area contributed by atoms with Crippen molar-refractivity contribution in [1.82, 2.24) is 4.98 Å². The quantitative estimate of drug-likeness (QED) is 0.784. The van der Waals surface area contributed by atoms with Gasteiger partial charge in [-0.15, -0.1) is 0 Å². The summed E-state index contributed by atoms with van der Waals surface area (Å²) in [7, 11) is 0. The normalized spacial score (nSPS) is 10.3. The molecule has 0 unspecified atom stereocenters. The number of halogens is 1. The predicted molar refractivity (Wildman–Crippen MR) is 55.0 cm³/mol. The summed E-state index contributed by atoms with van der Waals surface area (Å²) in [4.78, 5) is 3.68. The molecule has 0 fully saturated rings. The summed E-state index contributed by atoms with van der Waals surface area (Å²) in [5, 5.41) is 2.97. The molecule has 1 N–H and O–H groups in total. The Morgan fingerprint density at radius 2 is 2.20 bits per heavy atom. The molecule has 0 aliphatic rings. The highest BCUT2D eigenvalue weighted by Gasteiger charge is 1.99. The second-order valence-corrected chi connectivity index (χ2v) is 3.21. The van der Waals surface area contributed by atoms with Crippen molar-refractivity contribution in [2.45, 2.75) is 13.5 Å². The van der Waals surface area contributed by atoms with Crippen molar-refractivity contribution in [2.24, 2.45) is 0 Å². The fourth-order valence-electron chi connectivity index (χ4n) is 1.26. The minimum Gasteiger partial charge on any atom is -0.465 e. The van der Waals surface area contributed by atoms with Crippen LogP contribution in [0.2, 0.25) is 0 Å². The minimum atomic E-state index is -0.490. The van der Waals surface area contributed by atoms with E-state index in [4.69, 9.17) is 4.42 Å². The number of anilines is 1. The van der Waals surface area contributed by atoms with Crippen LogP contribution in [-0.2, 0) is 6.54 Å². The number of rotatable bonds is 3. The minimum absolute atomic E-state index is 0.490. The fourth-order valence-corrected chi connectivity index (χ4v) is 1.26. The van der Waals surface area contributed by atoms with Crippen LogP contribution in [0.15, 0.2) is 34.7 Å². The van der Waals surface area contributed by atoms with E-state index in [-0.39, 0.29) is 0 Å². The van der Waals surface area contributed by atoms with Crippen LogP contribution in [0.5, 0.6) is 0 Å². The number of nitrogens with one attached hydrogen (secondary N) is 1. The Morgan fingerprint density at radius 1 is 1.33 bits per heavy atom. The first-order valence-corrected chi connectivity index (χ1v) is 4.66. The lowest BCUT2D eigenvalue weighted by molar-refractivity contribution is 0.490. The zero-order valence-corrected chi connectivity index (χ0v) is 8.33. The van der Waals surface area contributed by atoms with Gasteiger partial charge in [0.1, 0.15) is 17.3 Å². The van der Waals surface area contributed by atoms with E-state index in [2.05, 4.69) is 10.3 Å². The van der Waals surface area contributed by atoms with Crippen LogP contribution in [-0.4, -0.2) is 4.98 Å². The first-order valence-electron chi connectivity index (χ1n) is 4.66. The van der Waals surface area contributed by atoms with Crippen LogP contribution in [0.4, 0.5) is 10.2 Å². The molecule has 2 rings (SSSR count). The Morgan fingerprint density at radius 3 is 2.87 bits per heavy atom. The average Bonchev–Trinajstić information content (AvgIpc) is 2.62. The lowest BCUT2D eigenvalue weighted by Crippen LogP contribution is -2.00. The first kappa shape index (κ1) is 9.71. The van der Waals surface area contributed by atoms with E-state index < -0.39 is 5.95 Å². The molecule has 0 aliphatic carbocycles. The van der Waals surface area contributed by atoms with Gasteiger partial charge in [-0.05, 0) is 31.2 Å². The number of furan rings is 1. The van der Waals surface area contributed by atoms with Gasteiger partial charge in [-0.2, -0.15) is 4.39 Å². The van der Waals surface area contributed by atoms with E-state index in [0.717, 1.165) is 11.5 Å². The van der Waals surface area contributed by atoms with Crippen molar-refractivity contribution in [3.8, 4) is 0 Å². The summed E-state index contributed by atoms with van der Waals surface area (Å²) in [6.07, 6.45) is 0. The van der Waals surface area contributed by atoms with Crippen LogP contribution in [0.3, 0.4) is 0 Å². The van der Waals surface area contributed by atoms with Gasteiger partial charge in [0.2, 0.25) is 5.95 Å². The van der Waals surface area contributed by atoms with Gasteiger partial charge in [0.25, 0.3) is 0 Å². The van der Waals surface area contributed by atoms with E-state index in [0.29, 0.717) is 12.4 Å². The number of aromatic nitrogens is 1. The Labute approximate surface area is 86.9 Å². The number of pyridine rings is 1. The van der Waals surface area contributed by atoms with Crippen LogP contribution < -0.4 is 5.32 Å². The van der Waals surface area contributed by atoms with Gasteiger partial charge in [-0.25, -0.2) is 4.98 Å². The summed E-state index contributed by atoms with van der Waals surface area (Å²) in [5.41, 5.74) is 0. The molecule has 2 heterocycles. The van der Waals surface area contributed by atoms with Crippen molar-refractivity contribution >= 4 is 5.82 Å². The lowest BCUT2D eigenvalue weighted by atomic mass is 10.4. The monoisotopic (exact) mass is 206 g/mol. The molecule has 0 bridgehead atoms. The standard InChI is InChI=1S/C11H11FN2O/c1-8-5-6-9(15-8)7-13-11-4-2-3-10(12)14-11/h2-6H,7H2,1H3,(H,13,14). The van der Waals surface area contributed by atoms with Gasteiger partial charge in [0, 0.05) is 0 Å². The fraction of sp³-hybridized carbons (Fsp3) is 0.182. The highest BCUT2D eigenvalue weighted by Crippen LogP contribution is 2.09. The van der Waals surface area contributed by atoms with Gasteiger partial charge in [-0.1, -0.05) is 6.07 Å². The predicted octanol–water partition coefficient (Wildman–Crippen LogP) is 2.73. The van der Waals surface area contributed by atoms with Gasteiger partial charge in [0.15, 0.2) is 0 Å². The molecule has 0 saturated carbocycles. The molecule has 0 aliphatic heterocycles. The zero-order valence-electron chi connectivity index (χ0n) is 8.33. The third-order valence-corrected chi connectivity index (χ3v) is 1.95. The SMILES string of the molecule is Cc1ccc(CNc2cccc(F)n2)o1. The molecular weight excluding hydrogens is 195 g/mol. The average molecular weight is 206 g/mol. The zero-order chi connectivity index (χ0) is 10.7. The van der Waals surface area contributed by atoms with Crippen molar-refractivity contribution in [3.05, 3.63) is 47.8 Å². The smallest absolute Gasteiger partial charge is 0.214 e. The molecular formula is C11H11FN2O. The second kappa shape index (κ2) is 4.13. The summed E-state index contributed by atoms with van der Waals surface area (Å²) in [6.45, 7) is 2.38. The third-order valence-electron chi connectivity index (χ3n) is 1.95. The van der Waals surface area contributed by atoms with E-state index in [1.54, 1.807) is 12.1 Å². The van der Waals surface area contributed by atoms with Gasteiger partial charge in [0.05, 0.1) is 6.54 Å². The number of aryl methyl sites for hydroxylation is 1. The maximum atomic E-state index is 12.7. The Bertz CT molecular complexity index is 453. The molecule has 0 amide bonds. The molecule has 4 heteroatoms. The molecule has 0 radical (unpaired) electrons. The molecule has 0 spiro atoms. The lowest BCUT2D eigenvalue weighted by Gasteiger charge is -2.02. The second-order valence-electron chi connectivity index (χ2n) is 3.21. The van der Waals surface area contributed by atoms with E-state index in [9.17, 15) is 4.39 Å². The van der Waals surface area contributed by atoms with Crippen molar-refractivity contribution < 1.29 is 8.81 Å². The Balaban J connectivity index is 1.99. The topological polar surface area (TPSA) is 38.1 Å². The molecule has 0 atom stereocenters. The molecule has 3 nitrogen and oxygen atoms in total. The maximum absolute atomic E-state index is 12.7. The van der Waals surface area contributed by atoms with Crippen molar-refractivity contribution in [2.75, 3.05) is 5.32 Å². The molecule has 2 aromatic rings. The van der Waals surface area contributed by atoms with Crippen LogP contribution in [0.25, 0.3) is 0 Å². The van der Waals surface area contributed by atoms with Crippen LogP contribution in [0.1, 0.15) is 11.5 Å².